The van der Waals surface area contributed by atoms with Crippen LogP contribution >= 0.6 is 0 Å². The fourth-order valence-electron chi connectivity index (χ4n) is 1.26. The summed E-state index contributed by atoms with van der Waals surface area (Å²) in [4.78, 5) is 10.7. The maximum Gasteiger partial charge on any atom is 0.338 e. The molecule has 92 valence electrons. The van der Waals surface area contributed by atoms with E-state index < -0.39 is 11.8 Å². The Morgan fingerprint density at radius 1 is 1.53 bits per heavy atom. The van der Waals surface area contributed by atoms with E-state index in [-0.39, 0.29) is 12.2 Å². The molecule has 0 fully saturated rings. The lowest BCUT2D eigenvalue weighted by molar-refractivity contribution is 0.0691. The van der Waals surface area contributed by atoms with Crippen LogP contribution in [0.3, 0.4) is 0 Å². The van der Waals surface area contributed by atoms with Crippen LogP contribution in [0.15, 0.2) is 30.4 Å². The van der Waals surface area contributed by atoms with Crippen LogP contribution < -0.4 is 0 Å². The van der Waals surface area contributed by atoms with E-state index in [1.54, 1.807) is 0 Å². The number of carboxylic acids is 1. The molecule has 3 nitrogen and oxygen atoms in total. The van der Waals surface area contributed by atoms with Crippen molar-refractivity contribution in [3.05, 3.63) is 47.3 Å². The normalized spacial score (nSPS) is 10.2. The van der Waals surface area contributed by atoms with Crippen molar-refractivity contribution >= 4 is 5.97 Å². The molecule has 0 saturated carbocycles. The summed E-state index contributed by atoms with van der Waals surface area (Å²) in [5, 5.41) is 8.74. The van der Waals surface area contributed by atoms with Gasteiger partial charge in [0.05, 0.1) is 18.8 Å². The first-order valence-electron chi connectivity index (χ1n) is 5.24. The second-order valence-corrected chi connectivity index (χ2v) is 3.88. The van der Waals surface area contributed by atoms with Crippen molar-refractivity contribution in [3.8, 4) is 0 Å². The second kappa shape index (κ2) is 6.15. The number of halogens is 1. The molecule has 0 atom stereocenters. The minimum Gasteiger partial charge on any atom is -0.478 e. The molecule has 0 aliphatic carbocycles. The molecule has 1 aromatic rings. The van der Waals surface area contributed by atoms with Gasteiger partial charge >= 0.3 is 5.97 Å². The summed E-state index contributed by atoms with van der Waals surface area (Å²) < 4.78 is 18.4. The van der Waals surface area contributed by atoms with Gasteiger partial charge in [0, 0.05) is 0 Å². The third-order valence-electron chi connectivity index (χ3n) is 2.20. The summed E-state index contributed by atoms with van der Waals surface area (Å²) in [6, 6.07) is 3.95. The Morgan fingerprint density at radius 3 is 2.82 bits per heavy atom. The van der Waals surface area contributed by atoms with Crippen LogP contribution in [0.1, 0.15) is 29.3 Å². The van der Waals surface area contributed by atoms with Gasteiger partial charge in [-0.3, -0.25) is 0 Å². The number of ether oxygens (including phenoxy) is 1. The van der Waals surface area contributed by atoms with E-state index in [9.17, 15) is 9.18 Å². The number of carbonyl (C=O) groups is 1. The Morgan fingerprint density at radius 2 is 2.24 bits per heavy atom. The highest BCUT2D eigenvalue weighted by atomic mass is 19.1. The summed E-state index contributed by atoms with van der Waals surface area (Å²) in [6.45, 7) is 6.44. The van der Waals surface area contributed by atoms with Gasteiger partial charge < -0.3 is 9.84 Å². The molecule has 0 unspecified atom stereocenters. The van der Waals surface area contributed by atoms with E-state index >= 15 is 0 Å². The van der Waals surface area contributed by atoms with Crippen molar-refractivity contribution in [2.75, 3.05) is 6.61 Å². The molecule has 0 saturated heterocycles. The smallest absolute Gasteiger partial charge is 0.338 e. The molecular weight excluding hydrogens is 223 g/mol. The molecule has 0 radical (unpaired) electrons. The Labute approximate surface area is 99.5 Å². The molecule has 1 N–H and O–H groups in total. The van der Waals surface area contributed by atoms with Gasteiger partial charge in [-0.25, -0.2) is 9.18 Å². The molecule has 0 aliphatic heterocycles. The quantitative estimate of drug-likeness (QED) is 0.612. The van der Waals surface area contributed by atoms with E-state index in [1.165, 1.54) is 12.1 Å². The zero-order valence-corrected chi connectivity index (χ0v) is 9.70. The summed E-state index contributed by atoms with van der Waals surface area (Å²) in [7, 11) is 0. The van der Waals surface area contributed by atoms with E-state index in [0.717, 1.165) is 18.1 Å². The molecule has 17 heavy (non-hydrogen) atoms. The second-order valence-electron chi connectivity index (χ2n) is 3.88. The zero-order valence-electron chi connectivity index (χ0n) is 9.70. The summed E-state index contributed by atoms with van der Waals surface area (Å²) >= 11 is 0. The van der Waals surface area contributed by atoms with Crippen LogP contribution in [0.25, 0.3) is 0 Å². The van der Waals surface area contributed by atoms with Crippen LogP contribution in [-0.2, 0) is 11.3 Å². The first kappa shape index (κ1) is 13.4. The lowest BCUT2D eigenvalue weighted by Crippen LogP contribution is -2.03. The van der Waals surface area contributed by atoms with Gasteiger partial charge in [-0.2, -0.15) is 0 Å². The third kappa shape index (κ3) is 4.36. The van der Waals surface area contributed by atoms with Gasteiger partial charge in [-0.1, -0.05) is 11.6 Å². The van der Waals surface area contributed by atoms with E-state index in [2.05, 4.69) is 6.58 Å². The van der Waals surface area contributed by atoms with Crippen LogP contribution in [-0.4, -0.2) is 17.7 Å². The average Bonchev–Trinajstić information content (AvgIpc) is 2.25. The van der Waals surface area contributed by atoms with E-state index in [0.29, 0.717) is 12.2 Å². The molecule has 4 heteroatoms. The van der Waals surface area contributed by atoms with Crippen LogP contribution in [0.4, 0.5) is 4.39 Å². The highest BCUT2D eigenvalue weighted by Crippen LogP contribution is 2.12. The molecular formula is C13H15FO3. The van der Waals surface area contributed by atoms with Crippen molar-refractivity contribution < 1.29 is 19.0 Å². The Kier molecular flexibility index (Phi) is 4.84. The highest BCUT2D eigenvalue weighted by molar-refractivity contribution is 5.88. The first-order valence-corrected chi connectivity index (χ1v) is 5.24. The topological polar surface area (TPSA) is 46.5 Å². The standard InChI is InChI=1S/C13H15FO3/c1-9(2)5-6-17-8-10-3-4-12(14)11(7-10)13(15)16/h3-4,7H,1,5-6,8H2,2H3,(H,15,16). The van der Waals surface area contributed by atoms with E-state index in [1.807, 2.05) is 6.92 Å². The summed E-state index contributed by atoms with van der Waals surface area (Å²) in [5.41, 5.74) is 1.34. The summed E-state index contributed by atoms with van der Waals surface area (Å²) in [5.74, 6) is -2.01. The zero-order chi connectivity index (χ0) is 12.8. The Balaban J connectivity index is 2.57. The van der Waals surface area contributed by atoms with Gasteiger partial charge in [-0.05, 0) is 31.0 Å². The number of carboxylic acid groups (broad SMARTS) is 1. The number of aromatic carboxylic acids is 1. The largest absolute Gasteiger partial charge is 0.478 e. The van der Waals surface area contributed by atoms with Crippen LogP contribution in [0, 0.1) is 5.82 Å². The first-order chi connectivity index (χ1) is 8.00. The monoisotopic (exact) mass is 238 g/mol. The van der Waals surface area contributed by atoms with Crippen molar-refractivity contribution in [1.82, 2.24) is 0 Å². The van der Waals surface area contributed by atoms with Crippen LogP contribution in [0.5, 0.6) is 0 Å². The fourth-order valence-corrected chi connectivity index (χ4v) is 1.26. The van der Waals surface area contributed by atoms with Crippen molar-refractivity contribution in [1.29, 1.82) is 0 Å². The molecule has 0 bridgehead atoms. The van der Waals surface area contributed by atoms with Gasteiger partial charge in [0.2, 0.25) is 0 Å². The predicted octanol–water partition coefficient (Wildman–Crippen LogP) is 3.01. The highest BCUT2D eigenvalue weighted by Gasteiger charge is 2.10. The number of hydrogen-bond acceptors (Lipinski definition) is 2. The molecule has 0 aromatic heterocycles. The van der Waals surface area contributed by atoms with Gasteiger partial charge in [-0.15, -0.1) is 6.58 Å². The minimum absolute atomic E-state index is 0.272. The molecule has 1 aromatic carbocycles. The third-order valence-corrected chi connectivity index (χ3v) is 2.20. The van der Waals surface area contributed by atoms with Crippen LogP contribution in [0.2, 0.25) is 0 Å². The lowest BCUT2D eigenvalue weighted by Gasteiger charge is -2.05. The van der Waals surface area contributed by atoms with Gasteiger partial charge in [0.1, 0.15) is 5.82 Å². The lowest BCUT2D eigenvalue weighted by atomic mass is 10.1. The molecule has 1 rings (SSSR count). The van der Waals surface area contributed by atoms with Gasteiger partial charge in [0.15, 0.2) is 0 Å². The van der Waals surface area contributed by atoms with Gasteiger partial charge in [0.25, 0.3) is 0 Å². The Bertz CT molecular complexity index is 427. The van der Waals surface area contributed by atoms with E-state index in [4.69, 9.17) is 9.84 Å². The van der Waals surface area contributed by atoms with Crippen molar-refractivity contribution in [2.24, 2.45) is 0 Å². The minimum atomic E-state index is -1.27. The molecule has 0 aliphatic rings. The van der Waals surface area contributed by atoms with Crippen molar-refractivity contribution in [2.45, 2.75) is 20.0 Å². The average molecular weight is 238 g/mol. The predicted molar refractivity (Wildman–Crippen MR) is 62.4 cm³/mol. The molecule has 0 amide bonds. The molecule has 0 spiro atoms. The summed E-state index contributed by atoms with van der Waals surface area (Å²) in [6.07, 6.45) is 0.757. The van der Waals surface area contributed by atoms with Crippen molar-refractivity contribution in [3.63, 3.8) is 0 Å². The number of benzene rings is 1. The maximum absolute atomic E-state index is 13.1. The maximum atomic E-state index is 13.1. The number of hydrogen-bond donors (Lipinski definition) is 1. The molecule has 0 heterocycles. The Hall–Kier alpha value is -1.68. The SMILES string of the molecule is C=C(C)CCOCc1ccc(F)c(C(=O)O)c1. The fraction of sp³-hybridized carbons (Fsp3) is 0.308. The number of rotatable bonds is 6.